The molecular weight excluding hydrogens is 521 g/mol. The molecule has 208 valence electrons. The Bertz CT molecular complexity index is 499. The number of hydrogen-bond donors (Lipinski definition) is 0. The van der Waals surface area contributed by atoms with Crippen LogP contribution in [-0.4, -0.2) is 94.5 Å². The number of rotatable bonds is 27. The summed E-state index contributed by atoms with van der Waals surface area (Å²) < 4.78 is 33.8. The van der Waals surface area contributed by atoms with Gasteiger partial charge in [-0.15, -0.1) is 0 Å². The van der Waals surface area contributed by atoms with Crippen LogP contribution in [0.4, 0.5) is 0 Å². The molecular formula is C24H50O7S2Si2. The topological polar surface area (TPSA) is 72.5 Å². The van der Waals surface area contributed by atoms with Gasteiger partial charge in [0.25, 0.3) is 0 Å². The lowest BCUT2D eigenvalue weighted by atomic mass is 10.2. The van der Waals surface area contributed by atoms with Crippen molar-refractivity contribution in [2.45, 2.75) is 65.3 Å². The molecule has 0 unspecified atom stereocenters. The number of ether oxygens (including phenoxy) is 2. The van der Waals surface area contributed by atoms with Crippen LogP contribution in [0.25, 0.3) is 0 Å². The largest absolute Gasteiger partial charge is 0.500 e. The Morgan fingerprint density at radius 1 is 0.800 bits per heavy atom. The van der Waals surface area contributed by atoms with Crippen molar-refractivity contribution in [3.8, 4) is 0 Å². The van der Waals surface area contributed by atoms with Gasteiger partial charge in [0.1, 0.15) is 17.1 Å². The fourth-order valence-corrected chi connectivity index (χ4v) is 7.83. The molecule has 0 aromatic carbocycles. The van der Waals surface area contributed by atoms with E-state index in [1.165, 1.54) is 5.57 Å². The van der Waals surface area contributed by atoms with Crippen LogP contribution < -0.4 is 0 Å². The van der Waals surface area contributed by atoms with Crippen LogP contribution in [0.15, 0.2) is 12.2 Å². The van der Waals surface area contributed by atoms with Crippen molar-refractivity contribution >= 4 is 48.8 Å². The number of thioether (sulfide) groups is 2. The Morgan fingerprint density at radius 2 is 1.40 bits per heavy atom. The predicted molar refractivity (Wildman–Crippen MR) is 155 cm³/mol. The third-order valence-corrected chi connectivity index (χ3v) is 10.5. The summed E-state index contributed by atoms with van der Waals surface area (Å²) in [6, 6.07) is 0.872. The quantitative estimate of drug-likeness (QED) is 0.0623. The van der Waals surface area contributed by atoms with E-state index in [-0.39, 0.29) is 5.97 Å². The maximum atomic E-state index is 11.6. The minimum absolute atomic E-state index is 0.107. The summed E-state index contributed by atoms with van der Waals surface area (Å²) in [6.45, 7) is 14.8. The van der Waals surface area contributed by atoms with Gasteiger partial charge in [-0.3, -0.25) is 4.79 Å². The fourth-order valence-electron chi connectivity index (χ4n) is 3.22. The van der Waals surface area contributed by atoms with Crippen molar-refractivity contribution < 1.29 is 32.0 Å². The van der Waals surface area contributed by atoms with E-state index < -0.39 is 8.80 Å². The van der Waals surface area contributed by atoms with Crippen molar-refractivity contribution in [3.05, 3.63) is 12.2 Å². The van der Waals surface area contributed by atoms with Crippen LogP contribution in [-0.2, 0) is 32.0 Å². The molecule has 0 saturated heterocycles. The molecule has 11 heteroatoms. The zero-order valence-electron chi connectivity index (χ0n) is 22.6. The average Bonchev–Trinajstić information content (AvgIpc) is 2.83. The molecule has 0 aliphatic carbocycles. The van der Waals surface area contributed by atoms with E-state index in [1.807, 2.05) is 32.5 Å². The molecule has 0 atom stereocenters. The lowest BCUT2D eigenvalue weighted by Gasteiger charge is -2.28. The maximum Gasteiger partial charge on any atom is 0.500 e. The second kappa shape index (κ2) is 25.8. The monoisotopic (exact) mass is 570 g/mol. The van der Waals surface area contributed by atoms with Gasteiger partial charge in [-0.1, -0.05) is 18.6 Å². The summed E-state index contributed by atoms with van der Waals surface area (Å²) >= 11 is 3.62. The first-order valence-corrected chi connectivity index (χ1v) is 18.1. The van der Waals surface area contributed by atoms with Gasteiger partial charge in [0.2, 0.25) is 0 Å². The van der Waals surface area contributed by atoms with Crippen molar-refractivity contribution in [3.63, 3.8) is 0 Å². The third kappa shape index (κ3) is 21.9. The second-order valence-electron chi connectivity index (χ2n) is 7.93. The van der Waals surface area contributed by atoms with Crippen LogP contribution >= 0.6 is 23.5 Å². The molecule has 0 fully saturated rings. The molecule has 0 saturated carbocycles. The van der Waals surface area contributed by atoms with Gasteiger partial charge in [-0.25, -0.2) is 0 Å². The van der Waals surface area contributed by atoms with Gasteiger partial charge >= 0.3 is 14.8 Å². The highest BCUT2D eigenvalue weighted by molar-refractivity contribution is 8.00. The first-order chi connectivity index (χ1) is 17.0. The summed E-state index contributed by atoms with van der Waals surface area (Å²) in [5.74, 6) is 3.52. The van der Waals surface area contributed by atoms with Crippen molar-refractivity contribution in [1.82, 2.24) is 0 Å². The summed E-state index contributed by atoms with van der Waals surface area (Å²) in [5.41, 5.74) is 1.21. The van der Waals surface area contributed by atoms with E-state index in [0.29, 0.717) is 32.8 Å². The molecule has 0 N–H and O–H groups in total. The van der Waals surface area contributed by atoms with Gasteiger partial charge < -0.3 is 27.2 Å². The third-order valence-electron chi connectivity index (χ3n) is 4.82. The molecule has 0 radical (unpaired) electrons. The van der Waals surface area contributed by atoms with Crippen LogP contribution in [0, 0.1) is 0 Å². The van der Waals surface area contributed by atoms with Crippen molar-refractivity contribution in [2.75, 3.05) is 69.3 Å². The van der Waals surface area contributed by atoms with Gasteiger partial charge in [0.15, 0.2) is 0 Å². The van der Waals surface area contributed by atoms with Crippen LogP contribution in [0.2, 0.25) is 6.04 Å². The minimum Gasteiger partial charge on any atom is -0.465 e. The van der Waals surface area contributed by atoms with Crippen LogP contribution in [0.3, 0.4) is 0 Å². The van der Waals surface area contributed by atoms with E-state index in [0.717, 1.165) is 91.5 Å². The number of carbonyl (C=O) groups is 1. The lowest BCUT2D eigenvalue weighted by Crippen LogP contribution is -2.45. The molecule has 0 aliphatic rings. The maximum absolute atomic E-state index is 11.6. The van der Waals surface area contributed by atoms with Crippen molar-refractivity contribution in [1.29, 1.82) is 0 Å². The zero-order chi connectivity index (χ0) is 26.0. The Kier molecular flexibility index (Phi) is 25.9. The number of hydrogen-bond acceptors (Lipinski definition) is 9. The number of unbranched alkanes of at least 4 members (excludes halogenated alkanes) is 3. The fraction of sp³-hybridized carbons (Fsp3) is 0.875. The SMILES string of the molecule is C=C(CSCCOCCCCC[Si](OCC)(OCC)OCC)CSCCOC(=O)CCCCO[SiH3]. The smallest absolute Gasteiger partial charge is 0.465 e. The first-order valence-electron chi connectivity index (χ1n) is 13.0. The van der Waals surface area contributed by atoms with Gasteiger partial charge in [-0.05, 0) is 46.5 Å². The van der Waals surface area contributed by atoms with Gasteiger partial charge in [0.05, 0.1) is 6.61 Å². The molecule has 0 heterocycles. The van der Waals surface area contributed by atoms with Gasteiger partial charge in [0, 0.05) is 68.5 Å². The highest BCUT2D eigenvalue weighted by Crippen LogP contribution is 2.20. The first kappa shape index (κ1) is 35.1. The molecule has 0 aromatic rings. The summed E-state index contributed by atoms with van der Waals surface area (Å²) in [4.78, 5) is 11.6. The Balaban J connectivity index is 3.57. The highest BCUT2D eigenvalue weighted by Gasteiger charge is 2.39. The predicted octanol–water partition coefficient (Wildman–Crippen LogP) is 4.25. The summed E-state index contributed by atoms with van der Waals surface area (Å²) in [6.07, 6.45) is 5.42. The molecule has 0 aromatic heterocycles. The van der Waals surface area contributed by atoms with Gasteiger partial charge in [-0.2, -0.15) is 23.5 Å². The molecule has 0 rings (SSSR count). The molecule has 0 spiro atoms. The van der Waals surface area contributed by atoms with E-state index in [4.69, 9.17) is 27.2 Å². The minimum atomic E-state index is -2.50. The Hall–Kier alpha value is 0.144. The average molecular weight is 571 g/mol. The Morgan fingerprint density at radius 3 is 2.00 bits per heavy atom. The van der Waals surface area contributed by atoms with E-state index in [2.05, 4.69) is 6.58 Å². The molecule has 0 amide bonds. The lowest BCUT2D eigenvalue weighted by molar-refractivity contribution is -0.143. The molecule has 0 bridgehead atoms. The van der Waals surface area contributed by atoms with E-state index in [9.17, 15) is 4.79 Å². The molecule has 7 nitrogen and oxygen atoms in total. The van der Waals surface area contributed by atoms with E-state index >= 15 is 0 Å². The zero-order valence-corrected chi connectivity index (χ0v) is 27.2. The molecule has 35 heavy (non-hydrogen) atoms. The number of carbonyl (C=O) groups excluding carboxylic acids is 1. The summed E-state index contributed by atoms with van der Waals surface area (Å²) in [5, 5.41) is 0. The number of esters is 1. The summed E-state index contributed by atoms with van der Waals surface area (Å²) in [7, 11) is -1.74. The van der Waals surface area contributed by atoms with Crippen LogP contribution in [0.1, 0.15) is 59.3 Å². The molecule has 0 aliphatic heterocycles. The Labute approximate surface area is 227 Å². The second-order valence-corrected chi connectivity index (χ2v) is 13.5. The standard InChI is InChI=1S/C24H50O7S2Si2/c1-5-29-35(30-6-2,31-7-3)20-12-8-10-14-26-16-18-32-21-23(4)22-33-19-17-27-24(25)13-9-11-15-28-34/h4-22H2,1-3,34H3. The van der Waals surface area contributed by atoms with Crippen molar-refractivity contribution in [2.24, 2.45) is 0 Å². The normalized spacial score (nSPS) is 11.7. The van der Waals surface area contributed by atoms with Crippen LogP contribution in [0.5, 0.6) is 0 Å². The van der Waals surface area contributed by atoms with E-state index in [1.54, 1.807) is 11.8 Å². The highest BCUT2D eigenvalue weighted by atomic mass is 32.2.